The number of carbonyl (C=O) groups excluding carboxylic acids is 1. The third-order valence-electron chi connectivity index (χ3n) is 6.20. The standard InChI is InChI=1S/C27H29N3O6/c1-34-20-10-7-18(8-11-20)26(31)28-22-12-9-19(17-21(22)27(32)33)29-13-15-30(16-14-29)25-23(35-2)5-4-6-24(25)36-3/h4-12,17H,13-16H2,1-3H3,(H,28,31)(H,32,33). The molecule has 36 heavy (non-hydrogen) atoms. The number of hydrogen-bond acceptors (Lipinski definition) is 7. The smallest absolute Gasteiger partial charge is 0.337 e. The molecule has 0 radical (unpaired) electrons. The van der Waals surface area contributed by atoms with Crippen molar-refractivity contribution in [1.82, 2.24) is 0 Å². The lowest BCUT2D eigenvalue weighted by Gasteiger charge is -2.38. The normalized spacial score (nSPS) is 13.2. The summed E-state index contributed by atoms with van der Waals surface area (Å²) in [6.45, 7) is 2.76. The molecule has 0 saturated carbocycles. The van der Waals surface area contributed by atoms with E-state index in [0.29, 0.717) is 37.5 Å². The molecule has 0 aliphatic carbocycles. The van der Waals surface area contributed by atoms with Crippen LogP contribution in [0.3, 0.4) is 0 Å². The summed E-state index contributed by atoms with van der Waals surface area (Å²) < 4.78 is 16.2. The van der Waals surface area contributed by atoms with E-state index in [2.05, 4.69) is 15.1 Å². The van der Waals surface area contributed by atoms with Gasteiger partial charge in [-0.1, -0.05) is 6.07 Å². The van der Waals surface area contributed by atoms with E-state index in [-0.39, 0.29) is 11.3 Å². The van der Waals surface area contributed by atoms with Gasteiger partial charge < -0.3 is 34.4 Å². The predicted molar refractivity (Wildman–Crippen MR) is 138 cm³/mol. The van der Waals surface area contributed by atoms with Gasteiger partial charge in [-0.3, -0.25) is 4.79 Å². The lowest BCUT2D eigenvalue weighted by molar-refractivity contribution is 0.0698. The van der Waals surface area contributed by atoms with E-state index in [0.717, 1.165) is 22.9 Å². The number of rotatable bonds is 8. The number of carbonyl (C=O) groups is 2. The number of para-hydroxylation sites is 1. The SMILES string of the molecule is COc1ccc(C(=O)Nc2ccc(N3CCN(c4c(OC)cccc4OC)CC3)cc2C(=O)O)cc1. The number of amides is 1. The molecule has 9 heteroatoms. The zero-order valence-electron chi connectivity index (χ0n) is 20.5. The highest BCUT2D eigenvalue weighted by Gasteiger charge is 2.24. The second-order valence-corrected chi connectivity index (χ2v) is 8.20. The highest BCUT2D eigenvalue weighted by molar-refractivity contribution is 6.08. The van der Waals surface area contributed by atoms with E-state index < -0.39 is 11.9 Å². The van der Waals surface area contributed by atoms with E-state index in [9.17, 15) is 14.7 Å². The Labute approximate surface area is 209 Å². The molecule has 3 aromatic rings. The Hall–Kier alpha value is -4.40. The Balaban J connectivity index is 1.49. The zero-order valence-corrected chi connectivity index (χ0v) is 20.5. The zero-order chi connectivity index (χ0) is 25.7. The van der Waals surface area contributed by atoms with Crippen LogP contribution >= 0.6 is 0 Å². The minimum atomic E-state index is -1.11. The molecule has 1 aliphatic rings. The maximum absolute atomic E-state index is 12.7. The quantitative estimate of drug-likeness (QED) is 0.488. The first-order chi connectivity index (χ1) is 17.4. The number of benzene rings is 3. The number of piperazine rings is 1. The summed E-state index contributed by atoms with van der Waals surface area (Å²) in [6.07, 6.45) is 0. The van der Waals surface area contributed by atoms with Crippen molar-refractivity contribution in [3.63, 3.8) is 0 Å². The molecule has 0 bridgehead atoms. The first kappa shape index (κ1) is 24.7. The molecular formula is C27H29N3O6. The van der Waals surface area contributed by atoms with Gasteiger partial charge in [-0.15, -0.1) is 0 Å². The predicted octanol–water partition coefficient (Wildman–Crippen LogP) is 3.99. The molecule has 0 atom stereocenters. The van der Waals surface area contributed by atoms with Crippen molar-refractivity contribution >= 4 is 28.9 Å². The first-order valence-electron chi connectivity index (χ1n) is 11.5. The lowest BCUT2D eigenvalue weighted by Crippen LogP contribution is -2.46. The second kappa shape index (κ2) is 10.9. The summed E-state index contributed by atoms with van der Waals surface area (Å²) in [7, 11) is 4.82. The molecule has 1 saturated heterocycles. The molecule has 1 aliphatic heterocycles. The van der Waals surface area contributed by atoms with Gasteiger partial charge in [0.05, 0.1) is 32.6 Å². The molecule has 188 valence electrons. The number of nitrogens with zero attached hydrogens (tertiary/aromatic N) is 2. The summed E-state index contributed by atoms with van der Waals surface area (Å²) in [6, 6.07) is 17.4. The van der Waals surface area contributed by atoms with Crippen LogP contribution in [0.5, 0.6) is 17.2 Å². The number of anilines is 3. The van der Waals surface area contributed by atoms with Crippen molar-refractivity contribution in [3.8, 4) is 17.2 Å². The monoisotopic (exact) mass is 491 g/mol. The van der Waals surface area contributed by atoms with Crippen LogP contribution in [0.1, 0.15) is 20.7 Å². The summed E-state index contributed by atoms with van der Waals surface area (Å²) in [5, 5.41) is 12.5. The summed E-state index contributed by atoms with van der Waals surface area (Å²) in [5.74, 6) is 0.610. The van der Waals surface area contributed by atoms with Crippen LogP contribution in [0.2, 0.25) is 0 Å². The van der Waals surface area contributed by atoms with Crippen LogP contribution in [0.4, 0.5) is 17.1 Å². The van der Waals surface area contributed by atoms with Crippen LogP contribution < -0.4 is 29.3 Å². The topological polar surface area (TPSA) is 101 Å². The maximum Gasteiger partial charge on any atom is 0.337 e. The van der Waals surface area contributed by atoms with Crippen molar-refractivity contribution in [2.24, 2.45) is 0 Å². The maximum atomic E-state index is 12.7. The summed E-state index contributed by atoms with van der Waals surface area (Å²) in [4.78, 5) is 29.0. The number of nitrogens with one attached hydrogen (secondary N) is 1. The number of aromatic carboxylic acids is 1. The fourth-order valence-corrected chi connectivity index (χ4v) is 4.28. The largest absolute Gasteiger partial charge is 0.497 e. The van der Waals surface area contributed by atoms with E-state index in [1.807, 2.05) is 24.3 Å². The molecule has 4 rings (SSSR count). The molecule has 0 aromatic heterocycles. The molecule has 0 unspecified atom stereocenters. The summed E-state index contributed by atoms with van der Waals surface area (Å²) >= 11 is 0. The Morgan fingerprint density at radius 1 is 0.806 bits per heavy atom. The Bertz CT molecular complexity index is 1210. The van der Waals surface area contributed by atoms with E-state index in [1.165, 1.54) is 0 Å². The molecule has 0 spiro atoms. The molecule has 9 nitrogen and oxygen atoms in total. The van der Waals surface area contributed by atoms with E-state index in [4.69, 9.17) is 14.2 Å². The number of ether oxygens (including phenoxy) is 3. The van der Waals surface area contributed by atoms with E-state index in [1.54, 1.807) is 57.7 Å². The van der Waals surface area contributed by atoms with Crippen molar-refractivity contribution in [1.29, 1.82) is 0 Å². The Morgan fingerprint density at radius 3 is 1.97 bits per heavy atom. The molecule has 1 heterocycles. The third-order valence-corrected chi connectivity index (χ3v) is 6.20. The number of carboxylic acid groups (broad SMARTS) is 1. The fourth-order valence-electron chi connectivity index (χ4n) is 4.28. The minimum Gasteiger partial charge on any atom is -0.497 e. The second-order valence-electron chi connectivity index (χ2n) is 8.20. The highest BCUT2D eigenvalue weighted by Crippen LogP contribution is 2.38. The first-order valence-corrected chi connectivity index (χ1v) is 11.5. The van der Waals surface area contributed by atoms with Gasteiger partial charge in [-0.2, -0.15) is 0 Å². The summed E-state index contributed by atoms with van der Waals surface area (Å²) in [5.41, 5.74) is 2.36. The van der Waals surface area contributed by atoms with Gasteiger partial charge in [0, 0.05) is 37.4 Å². The van der Waals surface area contributed by atoms with E-state index >= 15 is 0 Å². The van der Waals surface area contributed by atoms with Gasteiger partial charge in [0.1, 0.15) is 22.9 Å². The van der Waals surface area contributed by atoms with Gasteiger partial charge >= 0.3 is 5.97 Å². The van der Waals surface area contributed by atoms with Gasteiger partial charge in [0.25, 0.3) is 5.91 Å². The number of methoxy groups -OCH3 is 3. The molecule has 3 aromatic carbocycles. The average molecular weight is 492 g/mol. The molecular weight excluding hydrogens is 462 g/mol. The Morgan fingerprint density at radius 2 is 1.42 bits per heavy atom. The van der Waals surface area contributed by atoms with Gasteiger partial charge in [0.2, 0.25) is 0 Å². The van der Waals surface area contributed by atoms with Gasteiger partial charge in [0.15, 0.2) is 0 Å². The van der Waals surface area contributed by atoms with Crippen molar-refractivity contribution < 1.29 is 28.9 Å². The van der Waals surface area contributed by atoms with Crippen molar-refractivity contribution in [3.05, 3.63) is 71.8 Å². The van der Waals surface area contributed by atoms with Crippen molar-refractivity contribution in [2.75, 3.05) is 62.6 Å². The average Bonchev–Trinajstić information content (AvgIpc) is 2.92. The van der Waals surface area contributed by atoms with Gasteiger partial charge in [-0.05, 0) is 54.6 Å². The van der Waals surface area contributed by atoms with Crippen LogP contribution in [0.15, 0.2) is 60.7 Å². The number of hydrogen-bond donors (Lipinski definition) is 2. The van der Waals surface area contributed by atoms with Crippen LogP contribution in [0, 0.1) is 0 Å². The van der Waals surface area contributed by atoms with Crippen LogP contribution in [-0.4, -0.2) is 64.5 Å². The number of carboxylic acids is 1. The van der Waals surface area contributed by atoms with Gasteiger partial charge in [-0.25, -0.2) is 4.79 Å². The minimum absolute atomic E-state index is 0.0307. The molecule has 1 fully saturated rings. The molecule has 2 N–H and O–H groups in total. The lowest BCUT2D eigenvalue weighted by atomic mass is 10.1. The van der Waals surface area contributed by atoms with Crippen molar-refractivity contribution in [2.45, 2.75) is 0 Å². The highest BCUT2D eigenvalue weighted by atomic mass is 16.5. The van der Waals surface area contributed by atoms with Crippen LogP contribution in [0.25, 0.3) is 0 Å². The van der Waals surface area contributed by atoms with Crippen LogP contribution in [-0.2, 0) is 0 Å². The molecule has 1 amide bonds. The Kier molecular flexibility index (Phi) is 7.48. The third kappa shape index (κ3) is 5.14. The fraction of sp³-hybridized carbons (Fsp3) is 0.259.